The molecule has 5 aromatic rings. The Balaban J connectivity index is 1.30. The fourth-order valence-corrected chi connectivity index (χ4v) is 3.90. The van der Waals surface area contributed by atoms with Crippen molar-refractivity contribution in [2.45, 2.75) is 0 Å². The fraction of sp³-hybridized carbons (Fsp3) is 0. The molecule has 0 aliphatic carbocycles. The standard InChI is InChI=1S/C32H24N6O2/c39-31(37-35-29(23-9-3-1-4-10-23)27-13-7-19-33-21-27)25-15-17-26(18-16-25)32(40)38-36-30(24-11-5-2-6-12-24)28-14-8-20-34-22-28/h1-22H,(H,37,39)(H,38,40)/b35-29+,36-30+. The van der Waals surface area contributed by atoms with Gasteiger partial charge in [-0.15, -0.1) is 0 Å². The summed E-state index contributed by atoms with van der Waals surface area (Å²) in [5, 5.41) is 8.76. The van der Waals surface area contributed by atoms with E-state index < -0.39 is 11.8 Å². The lowest BCUT2D eigenvalue weighted by Gasteiger charge is -2.09. The Bertz CT molecular complexity index is 1430. The maximum absolute atomic E-state index is 12.9. The molecule has 0 radical (unpaired) electrons. The maximum Gasteiger partial charge on any atom is 0.271 e. The van der Waals surface area contributed by atoms with E-state index in [-0.39, 0.29) is 0 Å². The van der Waals surface area contributed by atoms with Gasteiger partial charge in [0, 0.05) is 58.2 Å². The van der Waals surface area contributed by atoms with Crippen molar-refractivity contribution >= 4 is 23.2 Å². The van der Waals surface area contributed by atoms with Gasteiger partial charge < -0.3 is 0 Å². The van der Waals surface area contributed by atoms with Crippen molar-refractivity contribution in [1.82, 2.24) is 20.8 Å². The molecule has 0 fully saturated rings. The van der Waals surface area contributed by atoms with Crippen LogP contribution in [-0.4, -0.2) is 33.2 Å². The Morgan fingerprint density at radius 2 is 0.825 bits per heavy atom. The molecular weight excluding hydrogens is 500 g/mol. The predicted molar refractivity (Wildman–Crippen MR) is 154 cm³/mol. The monoisotopic (exact) mass is 524 g/mol. The summed E-state index contributed by atoms with van der Waals surface area (Å²) in [5.74, 6) is -0.824. The van der Waals surface area contributed by atoms with Gasteiger partial charge in [-0.05, 0) is 48.5 Å². The highest BCUT2D eigenvalue weighted by molar-refractivity contribution is 6.14. The average molecular weight is 525 g/mol. The lowest BCUT2D eigenvalue weighted by molar-refractivity contribution is 0.0943. The molecule has 2 amide bonds. The molecule has 194 valence electrons. The van der Waals surface area contributed by atoms with Gasteiger partial charge in [0.2, 0.25) is 0 Å². The zero-order valence-corrected chi connectivity index (χ0v) is 21.3. The summed E-state index contributed by atoms with van der Waals surface area (Å²) in [6.45, 7) is 0. The molecule has 0 aliphatic rings. The van der Waals surface area contributed by atoms with Gasteiger partial charge in [0.1, 0.15) is 0 Å². The number of aromatic nitrogens is 2. The first-order valence-corrected chi connectivity index (χ1v) is 12.5. The molecule has 0 bridgehead atoms. The van der Waals surface area contributed by atoms with E-state index in [1.54, 1.807) is 49.1 Å². The number of carbonyl (C=O) groups is 2. The normalized spacial score (nSPS) is 11.5. The third-order valence-corrected chi connectivity index (χ3v) is 5.91. The third kappa shape index (κ3) is 6.38. The minimum absolute atomic E-state index is 0.350. The molecule has 0 atom stereocenters. The first kappa shape index (κ1) is 25.9. The number of pyridine rings is 2. The van der Waals surface area contributed by atoms with E-state index >= 15 is 0 Å². The van der Waals surface area contributed by atoms with Crippen LogP contribution in [0.3, 0.4) is 0 Å². The van der Waals surface area contributed by atoms with Gasteiger partial charge in [-0.2, -0.15) is 10.2 Å². The predicted octanol–water partition coefficient (Wildman–Crippen LogP) is 4.84. The maximum atomic E-state index is 12.9. The minimum Gasteiger partial charge on any atom is -0.267 e. The molecule has 8 heteroatoms. The van der Waals surface area contributed by atoms with Crippen LogP contribution in [0.15, 0.2) is 144 Å². The largest absolute Gasteiger partial charge is 0.271 e. The van der Waals surface area contributed by atoms with Crippen molar-refractivity contribution in [2.75, 3.05) is 0 Å². The molecule has 2 heterocycles. The highest BCUT2D eigenvalue weighted by atomic mass is 16.2. The van der Waals surface area contributed by atoms with Crippen LogP contribution >= 0.6 is 0 Å². The van der Waals surface area contributed by atoms with Crippen LogP contribution in [0.1, 0.15) is 43.0 Å². The van der Waals surface area contributed by atoms with E-state index in [0.29, 0.717) is 22.6 Å². The molecule has 0 saturated heterocycles. The Kier molecular flexibility index (Phi) is 8.19. The van der Waals surface area contributed by atoms with E-state index in [2.05, 4.69) is 31.0 Å². The molecule has 2 N–H and O–H groups in total. The lowest BCUT2D eigenvalue weighted by Crippen LogP contribution is -2.22. The SMILES string of the molecule is O=C(N/N=C(\c1ccccc1)c1cccnc1)c1ccc(C(=O)N/N=C(\c2ccccc2)c2cccnc2)cc1. The molecule has 0 aliphatic heterocycles. The first-order chi connectivity index (χ1) is 19.7. The van der Waals surface area contributed by atoms with Gasteiger partial charge >= 0.3 is 0 Å². The van der Waals surface area contributed by atoms with Crippen LogP contribution in [0.4, 0.5) is 0 Å². The number of hydrogen-bond donors (Lipinski definition) is 2. The van der Waals surface area contributed by atoms with Crippen LogP contribution in [0.5, 0.6) is 0 Å². The summed E-state index contributed by atoms with van der Waals surface area (Å²) in [6.07, 6.45) is 6.72. The second kappa shape index (κ2) is 12.7. The quantitative estimate of drug-likeness (QED) is 0.224. The summed E-state index contributed by atoms with van der Waals surface area (Å²) in [5.41, 5.74) is 10.3. The highest BCUT2D eigenvalue weighted by Gasteiger charge is 2.12. The van der Waals surface area contributed by atoms with E-state index in [4.69, 9.17) is 0 Å². The Hall–Kier alpha value is -5.76. The van der Waals surface area contributed by atoms with Gasteiger partial charge in [0.25, 0.3) is 11.8 Å². The molecule has 40 heavy (non-hydrogen) atoms. The van der Waals surface area contributed by atoms with Crippen molar-refractivity contribution in [2.24, 2.45) is 10.2 Å². The highest BCUT2D eigenvalue weighted by Crippen LogP contribution is 2.12. The average Bonchev–Trinajstić information content (AvgIpc) is 3.03. The van der Waals surface area contributed by atoms with Crippen LogP contribution < -0.4 is 10.9 Å². The Morgan fingerprint density at radius 1 is 0.450 bits per heavy atom. The van der Waals surface area contributed by atoms with Crippen LogP contribution in [0.2, 0.25) is 0 Å². The molecule has 8 nitrogen and oxygen atoms in total. The number of nitrogens with one attached hydrogen (secondary N) is 2. The summed E-state index contributed by atoms with van der Waals surface area (Å²) in [4.78, 5) is 34.0. The molecular formula is C32H24N6O2. The summed E-state index contributed by atoms with van der Waals surface area (Å²) >= 11 is 0. The van der Waals surface area contributed by atoms with Crippen LogP contribution in [-0.2, 0) is 0 Å². The van der Waals surface area contributed by atoms with Crippen LogP contribution in [0, 0.1) is 0 Å². The van der Waals surface area contributed by atoms with Crippen molar-refractivity contribution in [3.05, 3.63) is 167 Å². The second-order valence-electron chi connectivity index (χ2n) is 8.60. The number of carbonyl (C=O) groups excluding carboxylic acids is 2. The zero-order chi connectivity index (χ0) is 27.6. The fourth-order valence-electron chi connectivity index (χ4n) is 3.90. The number of nitrogens with zero attached hydrogens (tertiary/aromatic N) is 4. The van der Waals surface area contributed by atoms with Crippen molar-refractivity contribution in [3.63, 3.8) is 0 Å². The van der Waals surface area contributed by atoms with Gasteiger partial charge in [0.05, 0.1) is 11.4 Å². The molecule has 5 rings (SSSR count). The number of benzene rings is 3. The molecule has 2 aromatic heterocycles. The van der Waals surface area contributed by atoms with Gasteiger partial charge in [-0.3, -0.25) is 19.6 Å². The first-order valence-electron chi connectivity index (χ1n) is 12.5. The van der Waals surface area contributed by atoms with E-state index in [1.165, 1.54) is 0 Å². The van der Waals surface area contributed by atoms with Crippen molar-refractivity contribution in [1.29, 1.82) is 0 Å². The zero-order valence-electron chi connectivity index (χ0n) is 21.3. The number of hydrazone groups is 2. The van der Waals surface area contributed by atoms with E-state index in [0.717, 1.165) is 22.3 Å². The number of hydrogen-bond acceptors (Lipinski definition) is 6. The topological polar surface area (TPSA) is 109 Å². The van der Waals surface area contributed by atoms with Gasteiger partial charge in [-0.1, -0.05) is 60.7 Å². The van der Waals surface area contributed by atoms with Gasteiger partial charge in [-0.25, -0.2) is 10.9 Å². The van der Waals surface area contributed by atoms with Crippen molar-refractivity contribution in [3.8, 4) is 0 Å². The molecule has 3 aromatic carbocycles. The Morgan fingerprint density at radius 3 is 1.18 bits per heavy atom. The lowest BCUT2D eigenvalue weighted by atomic mass is 10.0. The van der Waals surface area contributed by atoms with E-state index in [1.807, 2.05) is 84.9 Å². The van der Waals surface area contributed by atoms with E-state index in [9.17, 15) is 9.59 Å². The minimum atomic E-state index is -0.412. The molecule has 0 spiro atoms. The second-order valence-corrected chi connectivity index (χ2v) is 8.60. The summed E-state index contributed by atoms with van der Waals surface area (Å²) < 4.78 is 0. The summed E-state index contributed by atoms with van der Waals surface area (Å²) in [7, 11) is 0. The van der Waals surface area contributed by atoms with Crippen LogP contribution in [0.25, 0.3) is 0 Å². The smallest absolute Gasteiger partial charge is 0.267 e. The number of amides is 2. The Labute approximate surface area is 231 Å². The molecule has 0 unspecified atom stereocenters. The number of rotatable bonds is 8. The van der Waals surface area contributed by atoms with Gasteiger partial charge in [0.15, 0.2) is 0 Å². The third-order valence-electron chi connectivity index (χ3n) is 5.91. The molecule has 0 saturated carbocycles. The summed E-state index contributed by atoms with van der Waals surface area (Å²) in [6, 6.07) is 32.7. The van der Waals surface area contributed by atoms with Crippen molar-refractivity contribution < 1.29 is 9.59 Å².